The van der Waals surface area contributed by atoms with Gasteiger partial charge < -0.3 is 4.74 Å². The number of rotatable bonds is 4. The molecule has 0 aliphatic heterocycles. The summed E-state index contributed by atoms with van der Waals surface area (Å²) in [6.07, 6.45) is 0. The average molecular weight is 344 g/mol. The number of hydrogen-bond donors (Lipinski definition) is 0. The Morgan fingerprint density at radius 3 is 2.68 bits per heavy atom. The van der Waals surface area contributed by atoms with Crippen molar-refractivity contribution >= 4 is 33.3 Å². The number of ketones is 1. The first-order valence-corrected chi connectivity index (χ1v) is 6.60. The van der Waals surface area contributed by atoms with Crippen molar-refractivity contribution < 1.29 is 13.9 Å². The molecule has 0 spiro atoms. The minimum absolute atomic E-state index is 0.195. The maximum Gasteiger partial charge on any atom is 0.201 e. The van der Waals surface area contributed by atoms with Crippen molar-refractivity contribution in [2.45, 2.75) is 0 Å². The number of carbonyl (C=O) groups excluding carboxylic acids is 1. The smallest absolute Gasteiger partial charge is 0.201 e. The lowest BCUT2D eigenvalue weighted by Gasteiger charge is -2.07. The summed E-state index contributed by atoms with van der Waals surface area (Å²) in [5.74, 6) is -0.409. The summed E-state index contributed by atoms with van der Waals surface area (Å²) in [6, 6.07) is 10.8. The van der Waals surface area contributed by atoms with Crippen LogP contribution < -0.4 is 4.74 Å². The standard InChI is InChI=1S/C14H9BrClFO2/c15-9-5-10(17)7-11(6-9)19-8-14(18)12-3-1-2-4-13(12)16/h1-7H,8H2. The summed E-state index contributed by atoms with van der Waals surface area (Å²) >= 11 is 9.06. The second-order valence-electron chi connectivity index (χ2n) is 3.80. The molecule has 0 saturated heterocycles. The van der Waals surface area contributed by atoms with E-state index in [1.807, 2.05) is 0 Å². The third-order valence-corrected chi connectivity index (χ3v) is 3.17. The zero-order chi connectivity index (χ0) is 13.8. The summed E-state index contributed by atoms with van der Waals surface area (Å²) in [5.41, 5.74) is 0.389. The highest BCUT2D eigenvalue weighted by atomic mass is 79.9. The van der Waals surface area contributed by atoms with Crippen LogP contribution in [0.4, 0.5) is 4.39 Å². The zero-order valence-corrected chi connectivity index (χ0v) is 12.0. The molecule has 98 valence electrons. The lowest BCUT2D eigenvalue weighted by molar-refractivity contribution is 0.0921. The molecule has 0 fully saturated rings. The number of ether oxygens (including phenoxy) is 1. The first-order chi connectivity index (χ1) is 9.06. The molecule has 0 atom stereocenters. The summed E-state index contributed by atoms with van der Waals surface area (Å²) in [7, 11) is 0. The Balaban J connectivity index is 2.07. The van der Waals surface area contributed by atoms with Gasteiger partial charge in [-0.1, -0.05) is 39.7 Å². The molecule has 0 aliphatic rings. The van der Waals surface area contributed by atoms with Crippen molar-refractivity contribution in [1.29, 1.82) is 0 Å². The van der Waals surface area contributed by atoms with Gasteiger partial charge in [0.15, 0.2) is 6.61 Å². The maximum atomic E-state index is 13.1. The van der Waals surface area contributed by atoms with E-state index in [1.54, 1.807) is 30.3 Å². The predicted molar refractivity (Wildman–Crippen MR) is 75.4 cm³/mol. The van der Waals surface area contributed by atoms with E-state index in [1.165, 1.54) is 12.1 Å². The van der Waals surface area contributed by atoms with Gasteiger partial charge in [0.1, 0.15) is 11.6 Å². The fourth-order valence-corrected chi connectivity index (χ4v) is 2.21. The van der Waals surface area contributed by atoms with E-state index in [2.05, 4.69) is 15.9 Å². The van der Waals surface area contributed by atoms with Gasteiger partial charge in [0, 0.05) is 16.1 Å². The first kappa shape index (κ1) is 14.0. The second-order valence-corrected chi connectivity index (χ2v) is 5.12. The van der Waals surface area contributed by atoms with Crippen LogP contribution in [0.2, 0.25) is 5.02 Å². The Kier molecular flexibility index (Phi) is 4.56. The quantitative estimate of drug-likeness (QED) is 0.764. The van der Waals surface area contributed by atoms with Crippen LogP contribution in [0.3, 0.4) is 0 Å². The van der Waals surface area contributed by atoms with Gasteiger partial charge in [-0.25, -0.2) is 4.39 Å². The molecule has 19 heavy (non-hydrogen) atoms. The molecule has 0 saturated carbocycles. The molecule has 2 aromatic rings. The van der Waals surface area contributed by atoms with Gasteiger partial charge in [-0.2, -0.15) is 0 Å². The summed E-state index contributed by atoms with van der Waals surface area (Å²) in [6.45, 7) is -0.195. The SMILES string of the molecule is O=C(COc1cc(F)cc(Br)c1)c1ccccc1Cl. The van der Waals surface area contributed by atoms with Crippen molar-refractivity contribution in [3.63, 3.8) is 0 Å². The van der Waals surface area contributed by atoms with E-state index in [0.29, 0.717) is 15.1 Å². The van der Waals surface area contributed by atoms with E-state index in [9.17, 15) is 9.18 Å². The molecule has 2 nitrogen and oxygen atoms in total. The Labute approximate surface area is 123 Å². The van der Waals surface area contributed by atoms with Crippen LogP contribution in [-0.2, 0) is 0 Å². The van der Waals surface area contributed by atoms with E-state index in [4.69, 9.17) is 16.3 Å². The fraction of sp³-hybridized carbons (Fsp3) is 0.0714. The molecule has 0 heterocycles. The Morgan fingerprint density at radius 1 is 1.26 bits per heavy atom. The van der Waals surface area contributed by atoms with Crippen LogP contribution in [0.25, 0.3) is 0 Å². The van der Waals surface area contributed by atoms with Crippen molar-refractivity contribution in [3.8, 4) is 5.75 Å². The number of halogens is 3. The topological polar surface area (TPSA) is 26.3 Å². The van der Waals surface area contributed by atoms with Crippen LogP contribution in [-0.4, -0.2) is 12.4 Å². The zero-order valence-electron chi connectivity index (χ0n) is 9.70. The minimum atomic E-state index is -0.436. The summed E-state index contributed by atoms with van der Waals surface area (Å²) in [4.78, 5) is 11.9. The van der Waals surface area contributed by atoms with Crippen molar-refractivity contribution in [2.75, 3.05) is 6.61 Å². The van der Waals surface area contributed by atoms with Crippen molar-refractivity contribution in [1.82, 2.24) is 0 Å². The second kappa shape index (κ2) is 6.17. The molecule has 0 radical (unpaired) electrons. The van der Waals surface area contributed by atoms with Gasteiger partial charge in [-0.05, 0) is 24.3 Å². The number of carbonyl (C=O) groups is 1. The third-order valence-electron chi connectivity index (χ3n) is 2.38. The van der Waals surface area contributed by atoms with E-state index in [-0.39, 0.29) is 18.1 Å². The number of Topliss-reactive ketones (excluding diaryl/α,β-unsaturated/α-hetero) is 1. The highest BCUT2D eigenvalue weighted by Crippen LogP contribution is 2.21. The molecule has 0 unspecified atom stereocenters. The maximum absolute atomic E-state index is 13.1. The third kappa shape index (κ3) is 3.78. The fourth-order valence-electron chi connectivity index (χ4n) is 1.53. The number of hydrogen-bond acceptors (Lipinski definition) is 2. The van der Waals surface area contributed by atoms with Crippen LogP contribution in [0.15, 0.2) is 46.9 Å². The van der Waals surface area contributed by atoms with Crippen LogP contribution in [0, 0.1) is 5.82 Å². The van der Waals surface area contributed by atoms with Crippen LogP contribution in [0.1, 0.15) is 10.4 Å². The molecule has 2 rings (SSSR count). The lowest BCUT2D eigenvalue weighted by Crippen LogP contribution is -2.12. The highest BCUT2D eigenvalue weighted by Gasteiger charge is 2.11. The van der Waals surface area contributed by atoms with Gasteiger partial charge in [0.25, 0.3) is 0 Å². The van der Waals surface area contributed by atoms with E-state index >= 15 is 0 Å². The van der Waals surface area contributed by atoms with Crippen molar-refractivity contribution in [2.24, 2.45) is 0 Å². The van der Waals surface area contributed by atoms with Gasteiger partial charge >= 0.3 is 0 Å². The predicted octanol–water partition coefficient (Wildman–Crippen LogP) is 4.50. The molecule has 0 amide bonds. The summed E-state index contributed by atoms with van der Waals surface area (Å²) < 4.78 is 18.9. The Hall–Kier alpha value is -1.39. The monoisotopic (exact) mass is 342 g/mol. The highest BCUT2D eigenvalue weighted by molar-refractivity contribution is 9.10. The van der Waals surface area contributed by atoms with Gasteiger partial charge in [-0.15, -0.1) is 0 Å². The lowest BCUT2D eigenvalue weighted by atomic mass is 10.1. The van der Waals surface area contributed by atoms with E-state index in [0.717, 1.165) is 0 Å². The molecule has 0 bridgehead atoms. The van der Waals surface area contributed by atoms with Crippen molar-refractivity contribution in [3.05, 3.63) is 63.3 Å². The van der Waals surface area contributed by atoms with Gasteiger partial charge in [0.05, 0.1) is 5.02 Å². The average Bonchev–Trinajstić information content (AvgIpc) is 2.35. The molecular formula is C14H9BrClFO2. The molecule has 2 aromatic carbocycles. The summed E-state index contributed by atoms with van der Waals surface area (Å²) in [5, 5.41) is 0.372. The van der Waals surface area contributed by atoms with Gasteiger partial charge in [-0.3, -0.25) is 4.79 Å². The molecule has 5 heteroatoms. The van der Waals surface area contributed by atoms with E-state index < -0.39 is 5.82 Å². The Morgan fingerprint density at radius 2 is 2.00 bits per heavy atom. The molecule has 0 aliphatic carbocycles. The largest absolute Gasteiger partial charge is 0.485 e. The molecule has 0 N–H and O–H groups in total. The molecule has 0 aromatic heterocycles. The Bertz CT molecular complexity index is 596. The first-order valence-electron chi connectivity index (χ1n) is 5.43. The van der Waals surface area contributed by atoms with Gasteiger partial charge in [0.2, 0.25) is 5.78 Å². The number of benzene rings is 2. The normalized spacial score (nSPS) is 10.3. The van der Waals surface area contributed by atoms with Crippen LogP contribution in [0.5, 0.6) is 5.75 Å². The van der Waals surface area contributed by atoms with Crippen LogP contribution >= 0.6 is 27.5 Å². The minimum Gasteiger partial charge on any atom is -0.485 e. The molecular weight excluding hydrogens is 335 g/mol.